The molecule has 2 N–H and O–H groups in total. The fourth-order valence-corrected chi connectivity index (χ4v) is 2.80. The molecule has 0 aromatic heterocycles. The van der Waals surface area contributed by atoms with Crippen molar-refractivity contribution in [1.82, 2.24) is 10.2 Å². The van der Waals surface area contributed by atoms with Gasteiger partial charge in [0.25, 0.3) is 0 Å². The van der Waals surface area contributed by atoms with Crippen LogP contribution in [0.1, 0.15) is 5.56 Å². The molecule has 0 saturated heterocycles. The first-order chi connectivity index (χ1) is 9.33. The van der Waals surface area contributed by atoms with Gasteiger partial charge in [0.15, 0.2) is 0 Å². The van der Waals surface area contributed by atoms with Crippen molar-refractivity contribution >= 4 is 9.84 Å². The number of likely N-dealkylation sites (N-methyl/N-ethyl adjacent to an activating group) is 2. The summed E-state index contributed by atoms with van der Waals surface area (Å²) >= 11 is 0. The van der Waals surface area contributed by atoms with E-state index in [9.17, 15) is 13.5 Å². The van der Waals surface area contributed by atoms with Crippen molar-refractivity contribution in [2.24, 2.45) is 0 Å². The highest BCUT2D eigenvalue weighted by Gasteiger charge is 2.31. The van der Waals surface area contributed by atoms with Crippen LogP contribution in [0, 0.1) is 0 Å². The van der Waals surface area contributed by atoms with E-state index in [4.69, 9.17) is 0 Å². The Balaban J connectivity index is 2.82. The second-order valence-electron chi connectivity index (χ2n) is 5.22. The van der Waals surface area contributed by atoms with Gasteiger partial charge in [0, 0.05) is 19.3 Å². The van der Waals surface area contributed by atoms with Crippen molar-refractivity contribution in [2.45, 2.75) is 5.54 Å². The van der Waals surface area contributed by atoms with Gasteiger partial charge >= 0.3 is 0 Å². The fourth-order valence-electron chi connectivity index (χ4n) is 2.15. The van der Waals surface area contributed by atoms with Gasteiger partial charge in [-0.2, -0.15) is 0 Å². The monoisotopic (exact) mass is 300 g/mol. The maximum atomic E-state index is 11.2. The lowest BCUT2D eigenvalue weighted by atomic mass is 9.90. The molecule has 0 heterocycles. The van der Waals surface area contributed by atoms with Gasteiger partial charge in [0.1, 0.15) is 9.84 Å². The van der Waals surface area contributed by atoms with Crippen LogP contribution in [0.2, 0.25) is 0 Å². The second-order valence-corrected chi connectivity index (χ2v) is 7.48. The highest BCUT2D eigenvalue weighted by molar-refractivity contribution is 7.90. The maximum Gasteiger partial charge on any atom is 0.148 e. The first-order valence-corrected chi connectivity index (χ1v) is 8.60. The summed E-state index contributed by atoms with van der Waals surface area (Å²) < 4.78 is 22.4. The third-order valence-corrected chi connectivity index (χ3v) is 4.38. The molecule has 0 aliphatic carbocycles. The average molecular weight is 300 g/mol. The summed E-state index contributed by atoms with van der Waals surface area (Å²) in [5, 5.41) is 13.0. The molecule has 1 aromatic rings. The van der Waals surface area contributed by atoms with Crippen LogP contribution in [-0.4, -0.2) is 64.2 Å². The topological polar surface area (TPSA) is 69.6 Å². The quantitative estimate of drug-likeness (QED) is 0.711. The van der Waals surface area contributed by atoms with E-state index < -0.39 is 15.4 Å². The van der Waals surface area contributed by atoms with Crippen LogP contribution in [0.4, 0.5) is 0 Å². The van der Waals surface area contributed by atoms with E-state index in [1.54, 1.807) is 7.05 Å². The normalized spacial score (nSPS) is 15.2. The minimum atomic E-state index is -2.98. The molecule has 0 spiro atoms. The maximum absolute atomic E-state index is 11.2. The molecule has 0 amide bonds. The molecule has 114 valence electrons. The minimum Gasteiger partial charge on any atom is -0.394 e. The van der Waals surface area contributed by atoms with Crippen LogP contribution in [0.25, 0.3) is 0 Å². The Morgan fingerprint density at radius 2 is 1.90 bits per heavy atom. The predicted molar refractivity (Wildman–Crippen MR) is 81.5 cm³/mol. The number of aliphatic hydroxyl groups excluding tert-OH is 1. The largest absolute Gasteiger partial charge is 0.394 e. The molecule has 20 heavy (non-hydrogen) atoms. The smallest absolute Gasteiger partial charge is 0.148 e. The van der Waals surface area contributed by atoms with E-state index in [0.717, 1.165) is 5.56 Å². The molecular formula is C14H24N2O3S. The number of hydrogen-bond acceptors (Lipinski definition) is 5. The third kappa shape index (κ3) is 4.86. The van der Waals surface area contributed by atoms with Gasteiger partial charge in [-0.3, -0.25) is 0 Å². The van der Waals surface area contributed by atoms with Crippen molar-refractivity contribution in [3.05, 3.63) is 35.9 Å². The zero-order chi connectivity index (χ0) is 15.2. The van der Waals surface area contributed by atoms with Crippen LogP contribution in [0.5, 0.6) is 0 Å². The van der Waals surface area contributed by atoms with Crippen LogP contribution in [0.15, 0.2) is 30.3 Å². The number of hydrogen-bond donors (Lipinski definition) is 2. The van der Waals surface area contributed by atoms with Crippen molar-refractivity contribution in [3.8, 4) is 0 Å². The Morgan fingerprint density at radius 1 is 1.30 bits per heavy atom. The van der Waals surface area contributed by atoms with Gasteiger partial charge in [-0.15, -0.1) is 0 Å². The van der Waals surface area contributed by atoms with Crippen molar-refractivity contribution in [3.63, 3.8) is 0 Å². The number of aliphatic hydroxyl groups is 1. The number of sulfone groups is 1. The lowest BCUT2D eigenvalue weighted by Gasteiger charge is -2.36. The summed E-state index contributed by atoms with van der Waals surface area (Å²) in [6.45, 7) is 0.908. The SMILES string of the molecule is CNC(CO)(CN(C)CCS(C)(=O)=O)c1ccccc1. The summed E-state index contributed by atoms with van der Waals surface area (Å²) in [5.74, 6) is 0.115. The van der Waals surface area contributed by atoms with Crippen LogP contribution < -0.4 is 5.32 Å². The van der Waals surface area contributed by atoms with E-state index in [2.05, 4.69) is 5.32 Å². The molecule has 5 nitrogen and oxygen atoms in total. The highest BCUT2D eigenvalue weighted by Crippen LogP contribution is 2.21. The lowest BCUT2D eigenvalue weighted by molar-refractivity contribution is 0.127. The summed E-state index contributed by atoms with van der Waals surface area (Å²) in [5.41, 5.74) is 0.393. The molecule has 1 rings (SSSR count). The van der Waals surface area contributed by atoms with Gasteiger partial charge < -0.3 is 15.3 Å². The summed E-state index contributed by atoms with van der Waals surface area (Å²) in [6.07, 6.45) is 1.23. The lowest BCUT2D eigenvalue weighted by Crippen LogP contribution is -2.52. The van der Waals surface area contributed by atoms with Crippen LogP contribution in [-0.2, 0) is 15.4 Å². The Hall–Kier alpha value is -0.950. The van der Waals surface area contributed by atoms with E-state index in [0.29, 0.717) is 13.1 Å². The van der Waals surface area contributed by atoms with E-state index in [1.165, 1.54) is 6.26 Å². The van der Waals surface area contributed by atoms with Crippen molar-refractivity contribution < 1.29 is 13.5 Å². The molecule has 0 fully saturated rings. The number of benzene rings is 1. The van der Waals surface area contributed by atoms with Crippen molar-refractivity contribution in [2.75, 3.05) is 45.8 Å². The molecular weight excluding hydrogens is 276 g/mol. The predicted octanol–water partition coefficient (Wildman–Crippen LogP) is 0.0700. The van der Waals surface area contributed by atoms with E-state index in [1.807, 2.05) is 42.3 Å². The third-order valence-electron chi connectivity index (χ3n) is 3.46. The van der Waals surface area contributed by atoms with E-state index in [-0.39, 0.29) is 12.4 Å². The first kappa shape index (κ1) is 17.1. The number of rotatable bonds is 8. The standard InChI is InChI=1S/C14H24N2O3S/c1-15-14(12-17,13-7-5-4-6-8-13)11-16(2)9-10-20(3,18)19/h4-8,15,17H,9-12H2,1-3H3. The molecule has 0 bridgehead atoms. The molecule has 0 aliphatic rings. The number of nitrogens with zero attached hydrogens (tertiary/aromatic N) is 1. The van der Waals surface area contributed by atoms with Gasteiger partial charge in [0.2, 0.25) is 0 Å². The zero-order valence-corrected chi connectivity index (χ0v) is 13.2. The Labute approximate surface area is 121 Å². The van der Waals surface area contributed by atoms with E-state index >= 15 is 0 Å². The molecule has 1 unspecified atom stereocenters. The Morgan fingerprint density at radius 3 is 2.35 bits per heavy atom. The molecule has 0 saturated carbocycles. The van der Waals surface area contributed by atoms with Gasteiger partial charge in [0.05, 0.1) is 17.9 Å². The molecule has 1 atom stereocenters. The Bertz CT molecular complexity index is 498. The average Bonchev–Trinajstić information content (AvgIpc) is 2.43. The van der Waals surface area contributed by atoms with Crippen molar-refractivity contribution in [1.29, 1.82) is 0 Å². The van der Waals surface area contributed by atoms with Gasteiger partial charge in [-0.05, 0) is 19.7 Å². The Kier molecular flexibility index (Phi) is 6.13. The summed E-state index contributed by atoms with van der Waals surface area (Å²) in [7, 11) is 0.679. The highest BCUT2D eigenvalue weighted by atomic mass is 32.2. The summed E-state index contributed by atoms with van der Waals surface area (Å²) in [4.78, 5) is 1.92. The second kappa shape index (κ2) is 7.17. The first-order valence-electron chi connectivity index (χ1n) is 6.54. The molecule has 0 radical (unpaired) electrons. The van der Waals surface area contributed by atoms with Crippen LogP contribution >= 0.6 is 0 Å². The van der Waals surface area contributed by atoms with Gasteiger partial charge in [-0.25, -0.2) is 8.42 Å². The molecule has 0 aliphatic heterocycles. The van der Waals surface area contributed by atoms with Crippen LogP contribution in [0.3, 0.4) is 0 Å². The van der Waals surface area contributed by atoms with Gasteiger partial charge in [-0.1, -0.05) is 30.3 Å². The molecule has 6 heteroatoms. The minimum absolute atomic E-state index is 0.0588. The zero-order valence-electron chi connectivity index (χ0n) is 12.3. The molecule has 1 aromatic carbocycles. The number of nitrogens with one attached hydrogen (secondary N) is 1. The fraction of sp³-hybridized carbons (Fsp3) is 0.571. The summed E-state index contributed by atoms with van der Waals surface area (Å²) in [6, 6.07) is 9.68.